The summed E-state index contributed by atoms with van der Waals surface area (Å²) in [4.78, 5) is 0. The standard InChI is InChI=1S/C12H14BrF3O/c1-2-10-9(6-4-8-13)5-3-7-11(10)17-12(14,15)16/h3,5,7H,2,4,6,8H2,1H3. The highest BCUT2D eigenvalue weighted by Crippen LogP contribution is 2.29. The third-order valence-electron chi connectivity index (χ3n) is 2.39. The molecular weight excluding hydrogens is 297 g/mol. The van der Waals surface area contributed by atoms with E-state index in [1.807, 2.05) is 13.0 Å². The Morgan fingerprint density at radius 1 is 1.29 bits per heavy atom. The van der Waals surface area contributed by atoms with Crippen molar-refractivity contribution in [1.29, 1.82) is 0 Å². The lowest BCUT2D eigenvalue weighted by Gasteiger charge is -2.15. The fourth-order valence-corrected chi connectivity index (χ4v) is 2.00. The molecule has 1 aromatic carbocycles. The maximum Gasteiger partial charge on any atom is 0.573 e. The van der Waals surface area contributed by atoms with Gasteiger partial charge in [-0.1, -0.05) is 35.0 Å². The van der Waals surface area contributed by atoms with Crippen LogP contribution in [-0.4, -0.2) is 11.7 Å². The van der Waals surface area contributed by atoms with Gasteiger partial charge in [0.25, 0.3) is 0 Å². The first-order valence-electron chi connectivity index (χ1n) is 5.40. The molecule has 1 nitrogen and oxygen atoms in total. The van der Waals surface area contributed by atoms with E-state index >= 15 is 0 Å². The number of hydrogen-bond acceptors (Lipinski definition) is 1. The second kappa shape index (κ2) is 6.28. The normalized spacial score (nSPS) is 11.6. The Kier molecular flexibility index (Phi) is 5.31. The van der Waals surface area contributed by atoms with E-state index < -0.39 is 6.36 Å². The summed E-state index contributed by atoms with van der Waals surface area (Å²) >= 11 is 3.31. The summed E-state index contributed by atoms with van der Waals surface area (Å²) in [6, 6.07) is 4.82. The van der Waals surface area contributed by atoms with Gasteiger partial charge in [-0.05, 0) is 36.5 Å². The van der Waals surface area contributed by atoms with Gasteiger partial charge in [-0.15, -0.1) is 13.2 Å². The lowest BCUT2D eigenvalue weighted by molar-refractivity contribution is -0.274. The Morgan fingerprint density at radius 2 is 2.00 bits per heavy atom. The molecule has 1 aromatic rings. The van der Waals surface area contributed by atoms with E-state index in [1.54, 1.807) is 6.07 Å². The smallest absolute Gasteiger partial charge is 0.405 e. The second-order valence-corrected chi connectivity index (χ2v) is 4.38. The van der Waals surface area contributed by atoms with Gasteiger partial charge in [-0.3, -0.25) is 0 Å². The van der Waals surface area contributed by atoms with Gasteiger partial charge >= 0.3 is 6.36 Å². The van der Waals surface area contributed by atoms with E-state index in [1.165, 1.54) is 6.07 Å². The van der Waals surface area contributed by atoms with Crippen molar-refractivity contribution < 1.29 is 17.9 Å². The molecule has 0 radical (unpaired) electrons. The van der Waals surface area contributed by atoms with E-state index in [0.29, 0.717) is 12.0 Å². The lowest BCUT2D eigenvalue weighted by atomic mass is 10.0. The zero-order valence-electron chi connectivity index (χ0n) is 9.48. The van der Waals surface area contributed by atoms with Gasteiger partial charge in [-0.2, -0.15) is 0 Å². The number of hydrogen-bond donors (Lipinski definition) is 0. The van der Waals surface area contributed by atoms with Gasteiger partial charge in [-0.25, -0.2) is 0 Å². The molecule has 5 heteroatoms. The SMILES string of the molecule is CCc1c(CCCBr)cccc1OC(F)(F)F. The van der Waals surface area contributed by atoms with Gasteiger partial charge in [0.15, 0.2) is 0 Å². The van der Waals surface area contributed by atoms with Crippen LogP contribution in [0.3, 0.4) is 0 Å². The van der Waals surface area contributed by atoms with Crippen LogP contribution in [0.4, 0.5) is 13.2 Å². The van der Waals surface area contributed by atoms with Crippen LogP contribution in [0, 0.1) is 0 Å². The summed E-state index contributed by atoms with van der Waals surface area (Å²) in [6.07, 6.45) is -2.45. The predicted molar refractivity (Wildman–Crippen MR) is 64.6 cm³/mol. The van der Waals surface area contributed by atoms with Gasteiger partial charge in [0, 0.05) is 5.33 Å². The summed E-state index contributed by atoms with van der Waals surface area (Å²) in [5.41, 5.74) is 1.57. The van der Waals surface area contributed by atoms with Crippen LogP contribution in [0.2, 0.25) is 0 Å². The molecule has 96 valence electrons. The van der Waals surface area contributed by atoms with Crippen LogP contribution >= 0.6 is 15.9 Å². The molecule has 17 heavy (non-hydrogen) atoms. The van der Waals surface area contributed by atoms with Crippen molar-refractivity contribution in [2.45, 2.75) is 32.5 Å². The van der Waals surface area contributed by atoms with E-state index in [-0.39, 0.29) is 5.75 Å². The molecule has 0 aliphatic heterocycles. The Morgan fingerprint density at radius 3 is 2.53 bits per heavy atom. The predicted octanol–water partition coefficient (Wildman–Crippen LogP) is 4.48. The molecule has 0 aliphatic carbocycles. The van der Waals surface area contributed by atoms with Gasteiger partial charge in [0.2, 0.25) is 0 Å². The number of rotatable bonds is 5. The Balaban J connectivity index is 2.97. The zero-order chi connectivity index (χ0) is 12.9. The fraction of sp³-hybridized carbons (Fsp3) is 0.500. The average Bonchev–Trinajstić information content (AvgIpc) is 2.24. The second-order valence-electron chi connectivity index (χ2n) is 3.59. The summed E-state index contributed by atoms with van der Waals surface area (Å²) in [5, 5.41) is 0.834. The fourth-order valence-electron chi connectivity index (χ4n) is 1.72. The molecule has 0 spiro atoms. The van der Waals surface area contributed by atoms with Crippen LogP contribution in [-0.2, 0) is 12.8 Å². The molecule has 0 fully saturated rings. The van der Waals surface area contributed by atoms with Crippen molar-refractivity contribution in [3.05, 3.63) is 29.3 Å². The van der Waals surface area contributed by atoms with Crippen molar-refractivity contribution in [2.75, 3.05) is 5.33 Å². The number of aryl methyl sites for hydroxylation is 1. The monoisotopic (exact) mass is 310 g/mol. The largest absolute Gasteiger partial charge is 0.573 e. The topological polar surface area (TPSA) is 9.23 Å². The van der Waals surface area contributed by atoms with Crippen molar-refractivity contribution in [3.8, 4) is 5.75 Å². The molecule has 0 heterocycles. The highest BCUT2D eigenvalue weighted by Gasteiger charge is 2.32. The Hall–Kier alpha value is -0.710. The van der Waals surface area contributed by atoms with E-state index in [2.05, 4.69) is 20.7 Å². The highest BCUT2D eigenvalue weighted by atomic mass is 79.9. The summed E-state index contributed by atoms with van der Waals surface area (Å²) in [6.45, 7) is 1.83. The van der Waals surface area contributed by atoms with Crippen molar-refractivity contribution in [2.24, 2.45) is 0 Å². The third kappa shape index (κ3) is 4.58. The summed E-state index contributed by atoms with van der Waals surface area (Å²) < 4.78 is 40.7. The first kappa shape index (κ1) is 14.4. The third-order valence-corrected chi connectivity index (χ3v) is 2.95. The molecule has 0 aliphatic rings. The quantitative estimate of drug-likeness (QED) is 0.729. The zero-order valence-corrected chi connectivity index (χ0v) is 11.1. The van der Waals surface area contributed by atoms with Crippen molar-refractivity contribution in [3.63, 3.8) is 0 Å². The molecule has 0 aromatic heterocycles. The van der Waals surface area contributed by atoms with Crippen molar-refractivity contribution in [1.82, 2.24) is 0 Å². The maximum absolute atomic E-state index is 12.2. The van der Waals surface area contributed by atoms with Gasteiger partial charge in [0.1, 0.15) is 5.75 Å². The molecule has 0 N–H and O–H groups in total. The first-order chi connectivity index (χ1) is 7.98. The number of benzene rings is 1. The van der Waals surface area contributed by atoms with E-state index in [4.69, 9.17) is 0 Å². The lowest BCUT2D eigenvalue weighted by Crippen LogP contribution is -2.18. The number of ether oxygens (including phenoxy) is 1. The Labute approximate surface area is 107 Å². The summed E-state index contributed by atoms with van der Waals surface area (Å²) in [5.74, 6) is -0.0768. The van der Waals surface area contributed by atoms with Crippen LogP contribution in [0.1, 0.15) is 24.5 Å². The van der Waals surface area contributed by atoms with E-state index in [9.17, 15) is 13.2 Å². The molecule has 0 bridgehead atoms. The number of halogens is 4. The molecule has 1 rings (SSSR count). The molecule has 0 unspecified atom stereocenters. The minimum atomic E-state index is -4.63. The van der Waals surface area contributed by atoms with Gasteiger partial charge < -0.3 is 4.74 Å². The molecule has 0 atom stereocenters. The molecule has 0 amide bonds. The Bertz CT molecular complexity index is 363. The minimum absolute atomic E-state index is 0.0768. The maximum atomic E-state index is 12.2. The highest BCUT2D eigenvalue weighted by molar-refractivity contribution is 9.09. The molecule has 0 saturated heterocycles. The average molecular weight is 311 g/mol. The van der Waals surface area contributed by atoms with Crippen LogP contribution in [0.5, 0.6) is 5.75 Å². The van der Waals surface area contributed by atoms with E-state index in [0.717, 1.165) is 23.7 Å². The molecular formula is C12H14BrF3O. The van der Waals surface area contributed by atoms with Crippen LogP contribution < -0.4 is 4.74 Å². The van der Waals surface area contributed by atoms with Crippen molar-refractivity contribution >= 4 is 15.9 Å². The minimum Gasteiger partial charge on any atom is -0.405 e. The van der Waals surface area contributed by atoms with Crippen LogP contribution in [0.25, 0.3) is 0 Å². The van der Waals surface area contributed by atoms with Gasteiger partial charge in [0.05, 0.1) is 0 Å². The number of alkyl halides is 4. The first-order valence-corrected chi connectivity index (χ1v) is 6.52. The van der Waals surface area contributed by atoms with Crippen LogP contribution in [0.15, 0.2) is 18.2 Å². The summed E-state index contributed by atoms with van der Waals surface area (Å²) in [7, 11) is 0. The molecule has 0 saturated carbocycles.